The molecule has 0 amide bonds. The molecule has 3 atom stereocenters. The molecule has 0 heterocycles. The molecule has 16 heavy (non-hydrogen) atoms. The zero-order chi connectivity index (χ0) is 11.9. The van der Waals surface area contributed by atoms with Crippen LogP contribution in [0.15, 0.2) is 24.3 Å². The molecule has 1 fully saturated rings. The van der Waals surface area contributed by atoms with Gasteiger partial charge in [0.15, 0.2) is 0 Å². The summed E-state index contributed by atoms with van der Waals surface area (Å²) in [6.45, 7) is 2.07. The standard InChI is InChI=1S/C12H14F3N/c1-7-5-10(7)11(16)8-3-2-4-9(6-8)12(13,14)15/h2-4,6-7,10-11H,5,16H2,1H3. The molecule has 1 aromatic carbocycles. The van der Waals surface area contributed by atoms with Crippen molar-refractivity contribution >= 4 is 0 Å². The van der Waals surface area contributed by atoms with E-state index in [0.29, 0.717) is 17.4 Å². The number of nitrogens with two attached hydrogens (primary N) is 1. The molecule has 1 aromatic rings. The van der Waals surface area contributed by atoms with Gasteiger partial charge in [-0.2, -0.15) is 13.2 Å². The minimum atomic E-state index is -4.29. The van der Waals surface area contributed by atoms with Crippen molar-refractivity contribution in [1.29, 1.82) is 0 Å². The van der Waals surface area contributed by atoms with Crippen LogP contribution in [0.2, 0.25) is 0 Å². The lowest BCUT2D eigenvalue weighted by atomic mass is 10.00. The minimum Gasteiger partial charge on any atom is -0.324 e. The van der Waals surface area contributed by atoms with Crippen LogP contribution in [0.1, 0.15) is 30.5 Å². The third-order valence-corrected chi connectivity index (χ3v) is 3.23. The van der Waals surface area contributed by atoms with E-state index in [1.807, 2.05) is 0 Å². The molecule has 1 aliphatic carbocycles. The third-order valence-electron chi connectivity index (χ3n) is 3.23. The second kappa shape index (κ2) is 3.77. The first-order valence-corrected chi connectivity index (χ1v) is 5.32. The lowest BCUT2D eigenvalue weighted by Gasteiger charge is -2.14. The molecule has 0 radical (unpaired) electrons. The number of benzene rings is 1. The SMILES string of the molecule is CC1CC1C(N)c1cccc(C(F)(F)F)c1. The van der Waals surface area contributed by atoms with Crippen molar-refractivity contribution in [2.75, 3.05) is 0 Å². The van der Waals surface area contributed by atoms with Crippen LogP contribution in [0.5, 0.6) is 0 Å². The van der Waals surface area contributed by atoms with E-state index < -0.39 is 11.7 Å². The van der Waals surface area contributed by atoms with Gasteiger partial charge in [0, 0.05) is 6.04 Å². The van der Waals surface area contributed by atoms with E-state index in [0.717, 1.165) is 18.6 Å². The summed E-state index contributed by atoms with van der Waals surface area (Å²) < 4.78 is 37.5. The average Bonchev–Trinajstić information content (AvgIpc) is 2.93. The predicted octanol–water partition coefficient (Wildman–Crippen LogP) is 3.36. The smallest absolute Gasteiger partial charge is 0.324 e. The van der Waals surface area contributed by atoms with Gasteiger partial charge in [-0.25, -0.2) is 0 Å². The Labute approximate surface area is 92.5 Å². The summed E-state index contributed by atoms with van der Waals surface area (Å²) in [5.41, 5.74) is 5.91. The summed E-state index contributed by atoms with van der Waals surface area (Å²) in [7, 11) is 0. The van der Waals surface area contributed by atoms with Gasteiger partial charge in [-0.15, -0.1) is 0 Å². The molecular weight excluding hydrogens is 215 g/mol. The van der Waals surface area contributed by atoms with Crippen molar-refractivity contribution < 1.29 is 13.2 Å². The van der Waals surface area contributed by atoms with E-state index in [1.54, 1.807) is 6.07 Å². The number of hydrogen-bond acceptors (Lipinski definition) is 1. The van der Waals surface area contributed by atoms with Crippen LogP contribution in [-0.2, 0) is 6.18 Å². The molecule has 1 aliphatic rings. The van der Waals surface area contributed by atoms with E-state index >= 15 is 0 Å². The Morgan fingerprint density at radius 3 is 2.50 bits per heavy atom. The van der Waals surface area contributed by atoms with E-state index in [1.165, 1.54) is 6.07 Å². The van der Waals surface area contributed by atoms with E-state index in [-0.39, 0.29) is 6.04 Å². The summed E-state index contributed by atoms with van der Waals surface area (Å²) in [5.74, 6) is 0.869. The van der Waals surface area contributed by atoms with Crippen LogP contribution >= 0.6 is 0 Å². The molecule has 1 nitrogen and oxygen atoms in total. The quantitative estimate of drug-likeness (QED) is 0.826. The first-order valence-electron chi connectivity index (χ1n) is 5.32. The average molecular weight is 229 g/mol. The Bertz CT molecular complexity index is 386. The summed E-state index contributed by atoms with van der Waals surface area (Å²) in [4.78, 5) is 0. The van der Waals surface area contributed by atoms with Crippen molar-refractivity contribution in [2.45, 2.75) is 25.6 Å². The van der Waals surface area contributed by atoms with Gasteiger partial charge in [-0.3, -0.25) is 0 Å². The van der Waals surface area contributed by atoms with E-state index in [2.05, 4.69) is 6.92 Å². The van der Waals surface area contributed by atoms with Crippen molar-refractivity contribution in [3.63, 3.8) is 0 Å². The fourth-order valence-corrected chi connectivity index (χ4v) is 2.02. The van der Waals surface area contributed by atoms with Crippen LogP contribution in [0, 0.1) is 11.8 Å². The zero-order valence-corrected chi connectivity index (χ0v) is 8.96. The normalized spacial score (nSPS) is 26.6. The van der Waals surface area contributed by atoms with Gasteiger partial charge in [0.05, 0.1) is 5.56 Å². The molecule has 0 aromatic heterocycles. The summed E-state index contributed by atoms with van der Waals surface area (Å²) in [5, 5.41) is 0. The Hall–Kier alpha value is -1.03. The highest BCUT2D eigenvalue weighted by atomic mass is 19.4. The second-order valence-corrected chi connectivity index (χ2v) is 4.53. The number of alkyl halides is 3. The fourth-order valence-electron chi connectivity index (χ4n) is 2.02. The molecule has 0 spiro atoms. The molecule has 2 N–H and O–H groups in total. The maximum absolute atomic E-state index is 12.5. The number of halogens is 3. The van der Waals surface area contributed by atoms with Crippen LogP contribution < -0.4 is 5.73 Å². The Morgan fingerprint density at radius 1 is 1.38 bits per heavy atom. The van der Waals surface area contributed by atoms with Crippen LogP contribution in [0.3, 0.4) is 0 Å². The largest absolute Gasteiger partial charge is 0.416 e. The highest BCUT2D eigenvalue weighted by molar-refractivity contribution is 5.29. The van der Waals surface area contributed by atoms with Gasteiger partial charge in [0.1, 0.15) is 0 Å². The first kappa shape index (κ1) is 11.5. The van der Waals surface area contributed by atoms with Gasteiger partial charge in [0.2, 0.25) is 0 Å². The minimum absolute atomic E-state index is 0.266. The van der Waals surface area contributed by atoms with Gasteiger partial charge in [0.25, 0.3) is 0 Å². The third kappa shape index (κ3) is 2.21. The maximum Gasteiger partial charge on any atom is 0.416 e. The van der Waals surface area contributed by atoms with Crippen molar-refractivity contribution in [2.24, 2.45) is 17.6 Å². The summed E-state index contributed by atoms with van der Waals surface area (Å²) in [6, 6.07) is 5.07. The Morgan fingerprint density at radius 2 is 2.00 bits per heavy atom. The highest BCUT2D eigenvalue weighted by Crippen LogP contribution is 2.46. The Balaban J connectivity index is 2.22. The summed E-state index contributed by atoms with van der Waals surface area (Å²) >= 11 is 0. The van der Waals surface area contributed by atoms with Gasteiger partial charge in [-0.05, 0) is 36.0 Å². The zero-order valence-electron chi connectivity index (χ0n) is 8.96. The molecular formula is C12H14F3N. The molecule has 4 heteroatoms. The molecule has 0 aliphatic heterocycles. The van der Waals surface area contributed by atoms with Gasteiger partial charge >= 0.3 is 6.18 Å². The van der Waals surface area contributed by atoms with Gasteiger partial charge in [-0.1, -0.05) is 19.1 Å². The highest BCUT2D eigenvalue weighted by Gasteiger charge is 2.39. The van der Waals surface area contributed by atoms with Crippen LogP contribution in [0.4, 0.5) is 13.2 Å². The topological polar surface area (TPSA) is 26.0 Å². The van der Waals surface area contributed by atoms with Crippen LogP contribution in [0.25, 0.3) is 0 Å². The van der Waals surface area contributed by atoms with Crippen molar-refractivity contribution in [1.82, 2.24) is 0 Å². The molecule has 0 bridgehead atoms. The van der Waals surface area contributed by atoms with Crippen LogP contribution in [-0.4, -0.2) is 0 Å². The monoisotopic (exact) mass is 229 g/mol. The molecule has 88 valence electrons. The van der Waals surface area contributed by atoms with Crippen molar-refractivity contribution in [3.05, 3.63) is 35.4 Å². The fraction of sp³-hybridized carbons (Fsp3) is 0.500. The number of rotatable bonds is 2. The van der Waals surface area contributed by atoms with E-state index in [4.69, 9.17) is 5.73 Å². The molecule has 0 saturated heterocycles. The predicted molar refractivity (Wildman–Crippen MR) is 55.6 cm³/mol. The maximum atomic E-state index is 12.5. The first-order chi connectivity index (χ1) is 7.39. The molecule has 2 rings (SSSR count). The second-order valence-electron chi connectivity index (χ2n) is 4.53. The van der Waals surface area contributed by atoms with Crippen molar-refractivity contribution in [3.8, 4) is 0 Å². The Kier molecular flexibility index (Phi) is 2.70. The lowest BCUT2D eigenvalue weighted by Crippen LogP contribution is -2.15. The number of hydrogen-bond donors (Lipinski definition) is 1. The molecule has 1 saturated carbocycles. The van der Waals surface area contributed by atoms with Gasteiger partial charge < -0.3 is 5.73 Å². The molecule has 3 unspecified atom stereocenters. The summed E-state index contributed by atoms with van der Waals surface area (Å²) in [6.07, 6.45) is -3.28. The lowest BCUT2D eigenvalue weighted by molar-refractivity contribution is -0.137. The van der Waals surface area contributed by atoms with E-state index in [9.17, 15) is 13.2 Å².